The molecule has 0 unspecified atom stereocenters. The molecule has 0 radical (unpaired) electrons. The molecule has 1 saturated carbocycles. The second-order valence-corrected chi connectivity index (χ2v) is 5.89. The summed E-state index contributed by atoms with van der Waals surface area (Å²) in [6.45, 7) is 6.27. The SMILES string of the molecule is CC1CC(NC(=O)c2cc(Cl)nc(C(C)C)c2)C1. The largest absolute Gasteiger partial charge is 0.349 e. The minimum absolute atomic E-state index is 0.0434. The van der Waals surface area contributed by atoms with Gasteiger partial charge in [-0.25, -0.2) is 4.98 Å². The number of aromatic nitrogens is 1. The lowest BCUT2D eigenvalue weighted by molar-refractivity contribution is 0.0896. The summed E-state index contributed by atoms with van der Waals surface area (Å²) in [6.07, 6.45) is 2.14. The van der Waals surface area contributed by atoms with Crippen molar-refractivity contribution in [3.05, 3.63) is 28.5 Å². The van der Waals surface area contributed by atoms with Gasteiger partial charge in [-0.1, -0.05) is 32.4 Å². The van der Waals surface area contributed by atoms with Crippen molar-refractivity contribution >= 4 is 17.5 Å². The van der Waals surface area contributed by atoms with Gasteiger partial charge in [0.2, 0.25) is 0 Å². The second-order valence-electron chi connectivity index (χ2n) is 5.51. The van der Waals surface area contributed by atoms with E-state index < -0.39 is 0 Å². The maximum absolute atomic E-state index is 12.1. The van der Waals surface area contributed by atoms with Crippen molar-refractivity contribution in [1.82, 2.24) is 10.3 Å². The number of amides is 1. The number of nitrogens with one attached hydrogen (secondary N) is 1. The van der Waals surface area contributed by atoms with Crippen LogP contribution in [0.4, 0.5) is 0 Å². The third-order valence-electron chi connectivity index (χ3n) is 3.38. The number of nitrogens with zero attached hydrogens (tertiary/aromatic N) is 1. The Hall–Kier alpha value is -1.09. The van der Waals surface area contributed by atoms with Gasteiger partial charge >= 0.3 is 0 Å². The third kappa shape index (κ3) is 3.02. The Morgan fingerprint density at radius 2 is 2.11 bits per heavy atom. The maximum atomic E-state index is 12.1. The zero-order valence-corrected chi connectivity index (χ0v) is 11.8. The van der Waals surface area contributed by atoms with Gasteiger partial charge in [0.05, 0.1) is 0 Å². The van der Waals surface area contributed by atoms with Crippen LogP contribution >= 0.6 is 11.6 Å². The smallest absolute Gasteiger partial charge is 0.251 e. The number of pyridine rings is 1. The first-order valence-electron chi connectivity index (χ1n) is 6.44. The first-order valence-corrected chi connectivity index (χ1v) is 6.82. The molecule has 1 aliphatic rings. The molecule has 1 N–H and O–H groups in total. The summed E-state index contributed by atoms with van der Waals surface area (Å²) in [4.78, 5) is 16.3. The molecule has 18 heavy (non-hydrogen) atoms. The molecule has 98 valence electrons. The van der Waals surface area contributed by atoms with Crippen LogP contribution in [0.5, 0.6) is 0 Å². The topological polar surface area (TPSA) is 42.0 Å². The summed E-state index contributed by atoms with van der Waals surface area (Å²) in [6, 6.07) is 3.78. The molecule has 1 fully saturated rings. The Kier molecular flexibility index (Phi) is 3.91. The molecule has 0 aromatic carbocycles. The number of carbonyl (C=O) groups excluding carboxylic acids is 1. The summed E-state index contributed by atoms with van der Waals surface area (Å²) in [5.41, 5.74) is 1.47. The Morgan fingerprint density at radius 3 is 2.67 bits per heavy atom. The van der Waals surface area contributed by atoms with Crippen molar-refractivity contribution in [3.63, 3.8) is 0 Å². The van der Waals surface area contributed by atoms with E-state index in [1.807, 2.05) is 19.9 Å². The normalized spacial score (nSPS) is 22.7. The molecular weight excluding hydrogens is 248 g/mol. The summed E-state index contributed by atoms with van der Waals surface area (Å²) in [5.74, 6) is 0.944. The molecule has 0 aliphatic heterocycles. The van der Waals surface area contributed by atoms with Crippen LogP contribution in [0, 0.1) is 5.92 Å². The molecule has 1 heterocycles. The van der Waals surface area contributed by atoms with Gasteiger partial charge in [0.1, 0.15) is 5.15 Å². The molecule has 4 heteroatoms. The highest BCUT2D eigenvalue weighted by Gasteiger charge is 2.27. The van der Waals surface area contributed by atoms with E-state index >= 15 is 0 Å². The molecule has 2 rings (SSSR count). The van der Waals surface area contributed by atoms with Crippen LogP contribution < -0.4 is 5.32 Å². The summed E-state index contributed by atoms with van der Waals surface area (Å²) in [7, 11) is 0. The first kappa shape index (κ1) is 13.3. The van der Waals surface area contributed by atoms with Crippen LogP contribution in [0.2, 0.25) is 5.15 Å². The Labute approximate surface area is 113 Å². The molecule has 0 spiro atoms. The third-order valence-corrected chi connectivity index (χ3v) is 3.57. The van der Waals surface area contributed by atoms with Gasteiger partial charge < -0.3 is 5.32 Å². The minimum atomic E-state index is -0.0434. The summed E-state index contributed by atoms with van der Waals surface area (Å²) in [5, 5.41) is 3.41. The maximum Gasteiger partial charge on any atom is 0.251 e. The fraction of sp³-hybridized carbons (Fsp3) is 0.571. The number of hydrogen-bond acceptors (Lipinski definition) is 2. The summed E-state index contributed by atoms with van der Waals surface area (Å²) >= 11 is 5.95. The van der Waals surface area contributed by atoms with Crippen LogP contribution in [0.25, 0.3) is 0 Å². The predicted molar refractivity (Wildman–Crippen MR) is 73.0 cm³/mol. The van der Waals surface area contributed by atoms with Gasteiger partial charge in [-0.3, -0.25) is 4.79 Å². The van der Waals surface area contributed by atoms with E-state index in [0.29, 0.717) is 16.8 Å². The molecule has 1 aromatic heterocycles. The van der Waals surface area contributed by atoms with E-state index in [-0.39, 0.29) is 11.8 Å². The average molecular weight is 267 g/mol. The van der Waals surface area contributed by atoms with E-state index in [1.165, 1.54) is 0 Å². The molecule has 1 aliphatic carbocycles. The van der Waals surface area contributed by atoms with E-state index in [1.54, 1.807) is 6.07 Å². The fourth-order valence-corrected chi connectivity index (χ4v) is 2.45. The monoisotopic (exact) mass is 266 g/mol. The molecule has 1 aromatic rings. The standard InChI is InChI=1S/C14H19ClN2O/c1-8(2)12-6-10(7-13(15)17-12)14(18)16-11-4-9(3)5-11/h6-9,11H,4-5H2,1-3H3,(H,16,18). The zero-order valence-electron chi connectivity index (χ0n) is 11.0. The lowest BCUT2D eigenvalue weighted by Crippen LogP contribution is -2.43. The first-order chi connectivity index (χ1) is 8.45. The van der Waals surface area contributed by atoms with Gasteiger partial charge in [-0.2, -0.15) is 0 Å². The number of halogens is 1. The second kappa shape index (κ2) is 5.27. The molecule has 3 nitrogen and oxygen atoms in total. The minimum Gasteiger partial charge on any atom is -0.349 e. The fourth-order valence-electron chi connectivity index (χ4n) is 2.23. The Bertz CT molecular complexity index is 453. The van der Waals surface area contributed by atoms with Crippen molar-refractivity contribution in [1.29, 1.82) is 0 Å². The van der Waals surface area contributed by atoms with Crippen LogP contribution in [0.15, 0.2) is 12.1 Å². The van der Waals surface area contributed by atoms with Gasteiger partial charge in [0.15, 0.2) is 0 Å². The van der Waals surface area contributed by atoms with Crippen molar-refractivity contribution in [3.8, 4) is 0 Å². The number of rotatable bonds is 3. The number of carbonyl (C=O) groups is 1. The molecule has 1 amide bonds. The summed E-state index contributed by atoms with van der Waals surface area (Å²) < 4.78 is 0. The lowest BCUT2D eigenvalue weighted by atomic mass is 9.82. The van der Waals surface area contributed by atoms with Gasteiger partial charge in [0, 0.05) is 17.3 Å². The van der Waals surface area contributed by atoms with E-state index in [4.69, 9.17) is 11.6 Å². The van der Waals surface area contributed by atoms with Crippen molar-refractivity contribution in [2.75, 3.05) is 0 Å². The number of hydrogen-bond donors (Lipinski definition) is 1. The van der Waals surface area contributed by atoms with Gasteiger partial charge in [-0.05, 0) is 36.8 Å². The zero-order chi connectivity index (χ0) is 13.3. The Morgan fingerprint density at radius 1 is 1.44 bits per heavy atom. The lowest BCUT2D eigenvalue weighted by Gasteiger charge is -2.33. The van der Waals surface area contributed by atoms with Gasteiger partial charge in [-0.15, -0.1) is 0 Å². The van der Waals surface area contributed by atoms with Crippen molar-refractivity contribution in [2.24, 2.45) is 5.92 Å². The van der Waals surface area contributed by atoms with Gasteiger partial charge in [0.25, 0.3) is 5.91 Å². The highest BCUT2D eigenvalue weighted by molar-refractivity contribution is 6.29. The van der Waals surface area contributed by atoms with Crippen LogP contribution in [-0.4, -0.2) is 16.9 Å². The van der Waals surface area contributed by atoms with Crippen molar-refractivity contribution < 1.29 is 4.79 Å². The molecule has 0 atom stereocenters. The van der Waals surface area contributed by atoms with E-state index in [9.17, 15) is 4.79 Å². The predicted octanol–water partition coefficient (Wildman–Crippen LogP) is 3.39. The molecule has 0 saturated heterocycles. The highest BCUT2D eigenvalue weighted by Crippen LogP contribution is 2.26. The molecule has 0 bridgehead atoms. The Balaban J connectivity index is 2.09. The highest BCUT2D eigenvalue weighted by atomic mass is 35.5. The van der Waals surface area contributed by atoms with E-state index in [2.05, 4.69) is 17.2 Å². The quantitative estimate of drug-likeness (QED) is 0.852. The van der Waals surface area contributed by atoms with Crippen molar-refractivity contribution in [2.45, 2.75) is 45.6 Å². The van der Waals surface area contributed by atoms with Crippen LogP contribution in [0.1, 0.15) is 55.6 Å². The van der Waals surface area contributed by atoms with E-state index in [0.717, 1.165) is 24.5 Å². The molecular formula is C14H19ClN2O. The average Bonchev–Trinajstić information content (AvgIpc) is 2.26. The van der Waals surface area contributed by atoms with Crippen LogP contribution in [0.3, 0.4) is 0 Å². The van der Waals surface area contributed by atoms with Crippen LogP contribution in [-0.2, 0) is 0 Å².